The number of rotatable bonds is 2. The zero-order chi connectivity index (χ0) is 14.3. The Morgan fingerprint density at radius 2 is 2.30 bits per heavy atom. The quantitative estimate of drug-likeness (QED) is 0.910. The van der Waals surface area contributed by atoms with Gasteiger partial charge in [-0.05, 0) is 36.5 Å². The zero-order valence-corrected chi connectivity index (χ0v) is 12.2. The van der Waals surface area contributed by atoms with Gasteiger partial charge in [-0.15, -0.1) is 0 Å². The molecule has 1 aromatic carbocycles. The molecule has 3 rings (SSSR count). The molecule has 0 radical (unpaired) electrons. The van der Waals surface area contributed by atoms with E-state index in [4.69, 9.17) is 11.6 Å². The van der Waals surface area contributed by atoms with Gasteiger partial charge in [-0.1, -0.05) is 18.5 Å². The van der Waals surface area contributed by atoms with Gasteiger partial charge in [-0.3, -0.25) is 4.79 Å². The van der Waals surface area contributed by atoms with Crippen LogP contribution in [-0.2, 0) is 0 Å². The standard InChI is InChI=1S/C15H18ClFN2O/c1-2-14-11-7-18-6-10(11)8-19(14)15(20)9-3-4-12(16)13(17)5-9/h3-5,10-11,14,18H,2,6-8H2,1H3. The van der Waals surface area contributed by atoms with E-state index in [1.807, 2.05) is 4.90 Å². The van der Waals surface area contributed by atoms with Crippen LogP contribution in [-0.4, -0.2) is 36.5 Å². The van der Waals surface area contributed by atoms with E-state index in [0.29, 0.717) is 17.4 Å². The van der Waals surface area contributed by atoms with E-state index in [1.54, 1.807) is 6.07 Å². The largest absolute Gasteiger partial charge is 0.335 e. The molecule has 2 aliphatic heterocycles. The Balaban J connectivity index is 1.84. The van der Waals surface area contributed by atoms with Gasteiger partial charge in [0.05, 0.1) is 5.02 Å². The van der Waals surface area contributed by atoms with E-state index < -0.39 is 5.82 Å². The number of nitrogens with zero attached hydrogens (tertiary/aromatic N) is 1. The third kappa shape index (κ3) is 2.21. The smallest absolute Gasteiger partial charge is 0.254 e. The van der Waals surface area contributed by atoms with Gasteiger partial charge in [0.1, 0.15) is 5.82 Å². The molecule has 20 heavy (non-hydrogen) atoms. The number of carbonyl (C=O) groups excluding carboxylic acids is 1. The minimum absolute atomic E-state index is 0.0519. The highest BCUT2D eigenvalue weighted by atomic mass is 35.5. The van der Waals surface area contributed by atoms with Gasteiger partial charge in [0, 0.05) is 31.2 Å². The Morgan fingerprint density at radius 1 is 1.50 bits per heavy atom. The lowest BCUT2D eigenvalue weighted by atomic mass is 9.93. The molecule has 2 heterocycles. The topological polar surface area (TPSA) is 32.3 Å². The normalized spacial score (nSPS) is 28.8. The Labute approximate surface area is 123 Å². The number of hydrogen-bond donors (Lipinski definition) is 1. The van der Waals surface area contributed by atoms with Crippen molar-refractivity contribution in [3.8, 4) is 0 Å². The van der Waals surface area contributed by atoms with Crippen LogP contribution in [0.25, 0.3) is 0 Å². The third-order valence-electron chi connectivity index (χ3n) is 4.56. The van der Waals surface area contributed by atoms with Crippen LogP contribution in [0.3, 0.4) is 0 Å². The number of carbonyl (C=O) groups is 1. The molecule has 0 spiro atoms. The molecular formula is C15H18ClFN2O. The van der Waals surface area contributed by atoms with Gasteiger partial charge in [-0.25, -0.2) is 4.39 Å². The highest BCUT2D eigenvalue weighted by molar-refractivity contribution is 6.30. The summed E-state index contributed by atoms with van der Waals surface area (Å²) in [7, 11) is 0. The van der Waals surface area contributed by atoms with Crippen LogP contribution >= 0.6 is 11.6 Å². The van der Waals surface area contributed by atoms with Crippen LogP contribution in [0.5, 0.6) is 0 Å². The molecule has 3 unspecified atom stereocenters. The third-order valence-corrected chi connectivity index (χ3v) is 4.87. The van der Waals surface area contributed by atoms with Crippen molar-refractivity contribution in [3.05, 3.63) is 34.6 Å². The fourth-order valence-electron chi connectivity index (χ4n) is 3.57. The van der Waals surface area contributed by atoms with Crippen molar-refractivity contribution in [2.75, 3.05) is 19.6 Å². The predicted molar refractivity (Wildman–Crippen MR) is 76.4 cm³/mol. The van der Waals surface area contributed by atoms with E-state index in [-0.39, 0.29) is 17.0 Å². The summed E-state index contributed by atoms with van der Waals surface area (Å²) >= 11 is 5.67. The average molecular weight is 297 g/mol. The van der Waals surface area contributed by atoms with Gasteiger partial charge in [0.25, 0.3) is 5.91 Å². The SMILES string of the molecule is CCC1C2CNCC2CN1C(=O)c1ccc(Cl)c(F)c1. The Kier molecular flexibility index (Phi) is 3.69. The van der Waals surface area contributed by atoms with Crippen molar-refractivity contribution >= 4 is 17.5 Å². The Bertz CT molecular complexity index is 537. The van der Waals surface area contributed by atoms with E-state index in [9.17, 15) is 9.18 Å². The molecular weight excluding hydrogens is 279 g/mol. The van der Waals surface area contributed by atoms with Crippen molar-refractivity contribution in [1.82, 2.24) is 10.2 Å². The maximum absolute atomic E-state index is 13.5. The van der Waals surface area contributed by atoms with Gasteiger partial charge in [-0.2, -0.15) is 0 Å². The number of amides is 1. The van der Waals surface area contributed by atoms with Crippen molar-refractivity contribution in [2.45, 2.75) is 19.4 Å². The summed E-state index contributed by atoms with van der Waals surface area (Å²) in [5, 5.41) is 3.44. The second-order valence-corrected chi connectivity index (χ2v) is 6.05. The second-order valence-electron chi connectivity index (χ2n) is 5.64. The average Bonchev–Trinajstić information content (AvgIpc) is 3.01. The van der Waals surface area contributed by atoms with E-state index in [1.165, 1.54) is 12.1 Å². The monoisotopic (exact) mass is 296 g/mol. The van der Waals surface area contributed by atoms with Crippen LogP contribution in [0, 0.1) is 17.7 Å². The van der Waals surface area contributed by atoms with Crippen LogP contribution in [0.2, 0.25) is 5.02 Å². The Hall–Kier alpha value is -1.13. The zero-order valence-electron chi connectivity index (χ0n) is 11.4. The van der Waals surface area contributed by atoms with E-state index in [0.717, 1.165) is 26.1 Å². The number of nitrogens with one attached hydrogen (secondary N) is 1. The van der Waals surface area contributed by atoms with Crippen LogP contribution in [0.1, 0.15) is 23.7 Å². The first-order valence-corrected chi connectivity index (χ1v) is 7.46. The lowest BCUT2D eigenvalue weighted by Crippen LogP contribution is -2.39. The molecule has 0 bridgehead atoms. The fraction of sp³-hybridized carbons (Fsp3) is 0.533. The van der Waals surface area contributed by atoms with Crippen LogP contribution < -0.4 is 5.32 Å². The summed E-state index contributed by atoms with van der Waals surface area (Å²) in [5.74, 6) is 0.440. The molecule has 0 aromatic heterocycles. The molecule has 0 aliphatic carbocycles. The van der Waals surface area contributed by atoms with Gasteiger partial charge in [0.2, 0.25) is 0 Å². The lowest BCUT2D eigenvalue weighted by Gasteiger charge is -2.27. The molecule has 3 nitrogen and oxygen atoms in total. The molecule has 2 fully saturated rings. The predicted octanol–water partition coefficient (Wildman–Crippen LogP) is 2.55. The second kappa shape index (κ2) is 5.34. The number of fused-ring (bicyclic) bond motifs is 1. The molecule has 108 valence electrons. The van der Waals surface area contributed by atoms with Crippen molar-refractivity contribution in [2.24, 2.45) is 11.8 Å². The van der Waals surface area contributed by atoms with Gasteiger partial charge >= 0.3 is 0 Å². The first-order chi connectivity index (χ1) is 9.61. The van der Waals surface area contributed by atoms with E-state index >= 15 is 0 Å². The van der Waals surface area contributed by atoms with Crippen LogP contribution in [0.15, 0.2) is 18.2 Å². The summed E-state index contributed by atoms with van der Waals surface area (Å²) in [6.45, 7) is 4.81. The first kappa shape index (κ1) is 13.8. The van der Waals surface area contributed by atoms with Crippen molar-refractivity contribution in [3.63, 3.8) is 0 Å². The summed E-state index contributed by atoms with van der Waals surface area (Å²) in [6, 6.07) is 4.54. The van der Waals surface area contributed by atoms with E-state index in [2.05, 4.69) is 12.2 Å². The van der Waals surface area contributed by atoms with Crippen LogP contribution in [0.4, 0.5) is 4.39 Å². The minimum Gasteiger partial charge on any atom is -0.335 e. The summed E-state index contributed by atoms with van der Waals surface area (Å²) in [5.41, 5.74) is 0.387. The maximum Gasteiger partial charge on any atom is 0.254 e. The van der Waals surface area contributed by atoms with Gasteiger partial charge in [0.15, 0.2) is 0 Å². The molecule has 1 amide bonds. The molecule has 2 aliphatic rings. The number of halogens is 2. The van der Waals surface area contributed by atoms with Crippen molar-refractivity contribution in [1.29, 1.82) is 0 Å². The summed E-state index contributed by atoms with van der Waals surface area (Å²) < 4.78 is 13.5. The molecule has 0 saturated carbocycles. The van der Waals surface area contributed by atoms with Gasteiger partial charge < -0.3 is 10.2 Å². The maximum atomic E-state index is 13.5. The molecule has 1 N–H and O–H groups in total. The molecule has 5 heteroatoms. The Morgan fingerprint density at radius 3 is 3.00 bits per heavy atom. The fourth-order valence-corrected chi connectivity index (χ4v) is 3.69. The summed E-state index contributed by atoms with van der Waals surface area (Å²) in [6.07, 6.45) is 0.935. The molecule has 3 atom stereocenters. The first-order valence-electron chi connectivity index (χ1n) is 7.08. The molecule has 2 saturated heterocycles. The highest BCUT2D eigenvalue weighted by Gasteiger charge is 2.45. The lowest BCUT2D eigenvalue weighted by molar-refractivity contribution is 0.0711. The highest BCUT2D eigenvalue weighted by Crippen LogP contribution is 2.35. The number of hydrogen-bond acceptors (Lipinski definition) is 2. The van der Waals surface area contributed by atoms with Crippen molar-refractivity contribution < 1.29 is 9.18 Å². The summed E-state index contributed by atoms with van der Waals surface area (Å²) in [4.78, 5) is 14.5. The molecule has 1 aromatic rings. The number of benzene rings is 1. The number of likely N-dealkylation sites (tertiary alicyclic amines) is 1. The minimum atomic E-state index is -0.536.